The molecule has 88 valence electrons. The molecule has 0 aliphatic carbocycles. The summed E-state index contributed by atoms with van der Waals surface area (Å²) >= 11 is 0. The van der Waals surface area contributed by atoms with E-state index in [2.05, 4.69) is 4.98 Å². The van der Waals surface area contributed by atoms with Gasteiger partial charge < -0.3 is 13.9 Å². The summed E-state index contributed by atoms with van der Waals surface area (Å²) in [6.45, 7) is 0. The van der Waals surface area contributed by atoms with E-state index in [1.807, 2.05) is 0 Å². The molecule has 0 atom stereocenters. The minimum Gasteiger partial charge on any atom is -0.497 e. The van der Waals surface area contributed by atoms with E-state index in [1.54, 1.807) is 32.4 Å². The summed E-state index contributed by atoms with van der Waals surface area (Å²) in [5, 5.41) is 0. The Morgan fingerprint density at radius 1 is 1.29 bits per heavy atom. The van der Waals surface area contributed by atoms with Crippen LogP contribution in [0.2, 0.25) is 0 Å². The van der Waals surface area contributed by atoms with Crippen LogP contribution in [0.5, 0.6) is 11.5 Å². The van der Waals surface area contributed by atoms with Gasteiger partial charge in [0.2, 0.25) is 6.29 Å². The number of methoxy groups -OCH3 is 2. The number of rotatable bonds is 4. The predicted molar refractivity (Wildman–Crippen MR) is 60.4 cm³/mol. The smallest absolute Gasteiger partial charge is 0.260 e. The van der Waals surface area contributed by atoms with Gasteiger partial charge in [0.05, 0.1) is 14.2 Å². The molecule has 17 heavy (non-hydrogen) atoms. The van der Waals surface area contributed by atoms with Crippen LogP contribution in [0.4, 0.5) is 0 Å². The predicted octanol–water partition coefficient (Wildman–Crippen LogP) is 2.17. The van der Waals surface area contributed by atoms with Crippen LogP contribution in [-0.4, -0.2) is 25.5 Å². The molecule has 2 rings (SSSR count). The van der Waals surface area contributed by atoms with E-state index in [4.69, 9.17) is 13.9 Å². The van der Waals surface area contributed by atoms with E-state index in [0.29, 0.717) is 23.5 Å². The highest BCUT2D eigenvalue weighted by atomic mass is 16.5. The maximum absolute atomic E-state index is 10.5. The van der Waals surface area contributed by atoms with Gasteiger partial charge in [0, 0.05) is 11.6 Å². The first-order valence-corrected chi connectivity index (χ1v) is 4.91. The minimum absolute atomic E-state index is 0.0397. The van der Waals surface area contributed by atoms with Crippen LogP contribution >= 0.6 is 0 Å². The van der Waals surface area contributed by atoms with Crippen molar-refractivity contribution in [3.63, 3.8) is 0 Å². The van der Waals surface area contributed by atoms with Gasteiger partial charge in [0.25, 0.3) is 5.89 Å². The largest absolute Gasteiger partial charge is 0.497 e. The molecule has 0 unspecified atom stereocenters. The van der Waals surface area contributed by atoms with Crippen molar-refractivity contribution in [3.05, 3.63) is 30.4 Å². The zero-order valence-electron chi connectivity index (χ0n) is 9.47. The Kier molecular flexibility index (Phi) is 3.09. The van der Waals surface area contributed by atoms with Crippen LogP contribution in [0.15, 0.2) is 28.9 Å². The molecule has 0 spiro atoms. The molecule has 0 saturated heterocycles. The fourth-order valence-corrected chi connectivity index (χ4v) is 1.48. The Labute approximate surface area is 98.0 Å². The summed E-state index contributed by atoms with van der Waals surface area (Å²) in [7, 11) is 3.13. The molecule has 1 aromatic heterocycles. The monoisotopic (exact) mass is 233 g/mol. The van der Waals surface area contributed by atoms with Gasteiger partial charge in [-0.25, -0.2) is 4.98 Å². The molecule has 0 aliphatic heterocycles. The van der Waals surface area contributed by atoms with E-state index in [9.17, 15) is 4.79 Å². The second kappa shape index (κ2) is 4.69. The average Bonchev–Trinajstić information content (AvgIpc) is 2.86. The molecule has 0 amide bonds. The summed E-state index contributed by atoms with van der Waals surface area (Å²) in [4.78, 5) is 14.5. The van der Waals surface area contributed by atoms with Crippen LogP contribution in [-0.2, 0) is 0 Å². The standard InChI is InChI=1S/C12H11NO4/c1-15-8-3-4-9(11(5-8)16-2)10-7-17-12(6-14)13-10/h3-7H,1-2H3. The third kappa shape index (κ3) is 2.13. The first kappa shape index (κ1) is 11.2. The van der Waals surface area contributed by atoms with Crippen LogP contribution in [0.1, 0.15) is 10.7 Å². The molecule has 0 radical (unpaired) electrons. The SMILES string of the molecule is COc1ccc(-c2coc(C=O)n2)c(OC)c1. The minimum atomic E-state index is 0.0397. The molecule has 1 aromatic carbocycles. The normalized spacial score (nSPS) is 10.0. The lowest BCUT2D eigenvalue weighted by Gasteiger charge is -2.07. The van der Waals surface area contributed by atoms with Gasteiger partial charge in [0.1, 0.15) is 23.5 Å². The highest BCUT2D eigenvalue weighted by molar-refractivity contribution is 5.72. The Balaban J connectivity index is 2.46. The van der Waals surface area contributed by atoms with Crippen LogP contribution < -0.4 is 9.47 Å². The Hall–Kier alpha value is -2.30. The van der Waals surface area contributed by atoms with Gasteiger partial charge in [0.15, 0.2) is 0 Å². The number of carbonyl (C=O) groups is 1. The van der Waals surface area contributed by atoms with Gasteiger partial charge >= 0.3 is 0 Å². The molecule has 0 bridgehead atoms. The van der Waals surface area contributed by atoms with Crippen molar-refractivity contribution in [3.8, 4) is 22.8 Å². The summed E-state index contributed by atoms with van der Waals surface area (Å²) < 4.78 is 15.3. The number of aldehydes is 1. The number of carbonyl (C=O) groups excluding carboxylic acids is 1. The molecule has 2 aromatic rings. The molecule has 0 aliphatic rings. The lowest BCUT2D eigenvalue weighted by atomic mass is 10.1. The summed E-state index contributed by atoms with van der Waals surface area (Å²) in [5.41, 5.74) is 1.29. The van der Waals surface area contributed by atoms with Crippen molar-refractivity contribution in [1.82, 2.24) is 4.98 Å². The molecular weight excluding hydrogens is 222 g/mol. The van der Waals surface area contributed by atoms with Crippen LogP contribution in [0.3, 0.4) is 0 Å². The van der Waals surface area contributed by atoms with E-state index >= 15 is 0 Å². The van der Waals surface area contributed by atoms with Crippen molar-refractivity contribution in [2.24, 2.45) is 0 Å². The first-order chi connectivity index (χ1) is 8.28. The van der Waals surface area contributed by atoms with E-state index in [1.165, 1.54) is 6.26 Å². The molecular formula is C12H11NO4. The van der Waals surface area contributed by atoms with Crippen molar-refractivity contribution >= 4 is 6.29 Å². The number of benzene rings is 1. The lowest BCUT2D eigenvalue weighted by molar-refractivity contribution is 0.109. The van der Waals surface area contributed by atoms with Gasteiger partial charge in [-0.2, -0.15) is 0 Å². The van der Waals surface area contributed by atoms with Gasteiger partial charge in [-0.15, -0.1) is 0 Å². The summed E-state index contributed by atoms with van der Waals surface area (Å²) in [6, 6.07) is 5.32. The lowest BCUT2D eigenvalue weighted by Crippen LogP contribution is -1.90. The number of oxazole rings is 1. The van der Waals surface area contributed by atoms with Crippen molar-refractivity contribution in [1.29, 1.82) is 0 Å². The molecule has 0 N–H and O–H groups in total. The van der Waals surface area contributed by atoms with E-state index in [-0.39, 0.29) is 5.89 Å². The maximum Gasteiger partial charge on any atom is 0.260 e. The quantitative estimate of drug-likeness (QED) is 0.757. The third-order valence-electron chi connectivity index (χ3n) is 2.31. The molecule has 0 saturated carbocycles. The average molecular weight is 233 g/mol. The van der Waals surface area contributed by atoms with E-state index in [0.717, 1.165) is 5.56 Å². The van der Waals surface area contributed by atoms with E-state index < -0.39 is 0 Å². The Morgan fingerprint density at radius 3 is 2.71 bits per heavy atom. The van der Waals surface area contributed by atoms with Crippen LogP contribution in [0, 0.1) is 0 Å². The third-order valence-corrected chi connectivity index (χ3v) is 2.31. The maximum atomic E-state index is 10.5. The Morgan fingerprint density at radius 2 is 2.12 bits per heavy atom. The summed E-state index contributed by atoms with van der Waals surface area (Å²) in [6.07, 6.45) is 1.97. The number of hydrogen-bond donors (Lipinski definition) is 0. The number of ether oxygens (including phenoxy) is 2. The van der Waals surface area contributed by atoms with Gasteiger partial charge in [-0.3, -0.25) is 4.79 Å². The van der Waals surface area contributed by atoms with Crippen LogP contribution in [0.25, 0.3) is 11.3 Å². The number of aromatic nitrogens is 1. The second-order valence-corrected chi connectivity index (χ2v) is 3.26. The molecule has 5 nitrogen and oxygen atoms in total. The number of nitrogens with zero attached hydrogens (tertiary/aromatic N) is 1. The first-order valence-electron chi connectivity index (χ1n) is 4.91. The number of hydrogen-bond acceptors (Lipinski definition) is 5. The zero-order chi connectivity index (χ0) is 12.3. The molecule has 1 heterocycles. The summed E-state index contributed by atoms with van der Waals surface area (Å²) in [5.74, 6) is 1.33. The fourth-order valence-electron chi connectivity index (χ4n) is 1.48. The Bertz CT molecular complexity index is 533. The molecule has 5 heteroatoms. The van der Waals surface area contributed by atoms with Gasteiger partial charge in [-0.1, -0.05) is 0 Å². The van der Waals surface area contributed by atoms with Crippen molar-refractivity contribution < 1.29 is 18.7 Å². The van der Waals surface area contributed by atoms with Crippen molar-refractivity contribution in [2.45, 2.75) is 0 Å². The van der Waals surface area contributed by atoms with Crippen molar-refractivity contribution in [2.75, 3.05) is 14.2 Å². The second-order valence-electron chi connectivity index (χ2n) is 3.26. The fraction of sp³-hybridized carbons (Fsp3) is 0.167. The zero-order valence-corrected chi connectivity index (χ0v) is 9.47. The highest BCUT2D eigenvalue weighted by Gasteiger charge is 2.11. The molecule has 0 fully saturated rings. The van der Waals surface area contributed by atoms with Gasteiger partial charge in [-0.05, 0) is 12.1 Å². The highest BCUT2D eigenvalue weighted by Crippen LogP contribution is 2.32. The topological polar surface area (TPSA) is 61.6 Å².